The van der Waals surface area contributed by atoms with E-state index in [0.29, 0.717) is 28.7 Å². The second kappa shape index (κ2) is 8.64. The van der Waals surface area contributed by atoms with E-state index >= 15 is 0 Å². The number of benzene rings is 1. The first-order valence-corrected chi connectivity index (χ1v) is 9.52. The summed E-state index contributed by atoms with van der Waals surface area (Å²) >= 11 is 1.29. The first kappa shape index (κ1) is 18.8. The summed E-state index contributed by atoms with van der Waals surface area (Å²) in [5.41, 5.74) is 2.29. The van der Waals surface area contributed by atoms with Crippen molar-refractivity contribution in [1.29, 1.82) is 0 Å². The van der Waals surface area contributed by atoms with Crippen LogP contribution in [0.2, 0.25) is 0 Å². The largest absolute Gasteiger partial charge is 0.469 e. The van der Waals surface area contributed by atoms with Crippen LogP contribution < -0.4 is 10.6 Å². The van der Waals surface area contributed by atoms with E-state index in [4.69, 9.17) is 4.42 Å². The Bertz CT molecular complexity index is 917. The summed E-state index contributed by atoms with van der Waals surface area (Å²) < 4.78 is 5.13. The molecule has 0 aliphatic heterocycles. The van der Waals surface area contributed by atoms with Gasteiger partial charge in [-0.05, 0) is 24.5 Å². The fourth-order valence-corrected chi connectivity index (χ4v) is 3.33. The van der Waals surface area contributed by atoms with Crippen LogP contribution in [0.5, 0.6) is 0 Å². The molecule has 0 saturated carbocycles. The Labute approximate surface area is 161 Å². The molecular formula is C20H21N3O3S. The predicted octanol–water partition coefficient (Wildman–Crippen LogP) is 3.76. The van der Waals surface area contributed by atoms with Gasteiger partial charge in [0.25, 0.3) is 5.91 Å². The van der Waals surface area contributed by atoms with Crippen molar-refractivity contribution in [3.05, 3.63) is 70.6 Å². The van der Waals surface area contributed by atoms with Gasteiger partial charge in [-0.1, -0.05) is 37.3 Å². The van der Waals surface area contributed by atoms with Crippen LogP contribution >= 0.6 is 11.3 Å². The van der Waals surface area contributed by atoms with Crippen LogP contribution in [0.3, 0.4) is 0 Å². The maximum Gasteiger partial charge on any atom is 0.260 e. The van der Waals surface area contributed by atoms with Crippen molar-refractivity contribution in [2.24, 2.45) is 0 Å². The van der Waals surface area contributed by atoms with Crippen molar-refractivity contribution in [1.82, 2.24) is 10.3 Å². The van der Waals surface area contributed by atoms with Gasteiger partial charge in [-0.15, -0.1) is 11.3 Å². The molecule has 7 heteroatoms. The molecule has 1 aromatic carbocycles. The van der Waals surface area contributed by atoms with Crippen LogP contribution in [0.25, 0.3) is 0 Å². The molecule has 2 heterocycles. The van der Waals surface area contributed by atoms with E-state index < -0.39 is 0 Å². The number of anilines is 1. The van der Waals surface area contributed by atoms with E-state index in [1.165, 1.54) is 23.2 Å². The molecule has 1 unspecified atom stereocenters. The minimum atomic E-state index is -0.275. The van der Waals surface area contributed by atoms with Gasteiger partial charge in [0.2, 0.25) is 5.91 Å². The lowest BCUT2D eigenvalue weighted by atomic mass is 10.0. The second-order valence-electron chi connectivity index (χ2n) is 6.28. The molecule has 0 radical (unpaired) electrons. The molecule has 6 nitrogen and oxygen atoms in total. The molecule has 0 fully saturated rings. The SMILES string of the molecule is Cc1occc1C(=O)Nc1nc(CC(=O)NCC(C)c2ccccc2)cs1. The molecule has 0 aliphatic rings. The zero-order chi connectivity index (χ0) is 19.2. The summed E-state index contributed by atoms with van der Waals surface area (Å²) in [5, 5.41) is 7.90. The molecule has 0 spiro atoms. The number of aryl methyl sites for hydroxylation is 1. The van der Waals surface area contributed by atoms with Gasteiger partial charge in [0.1, 0.15) is 5.76 Å². The Morgan fingerprint density at radius 3 is 2.70 bits per heavy atom. The highest BCUT2D eigenvalue weighted by Crippen LogP contribution is 2.18. The van der Waals surface area contributed by atoms with E-state index in [1.807, 2.05) is 30.3 Å². The lowest BCUT2D eigenvalue weighted by Gasteiger charge is -2.12. The smallest absolute Gasteiger partial charge is 0.260 e. The Kier molecular flexibility index (Phi) is 6.03. The van der Waals surface area contributed by atoms with Crippen LogP contribution in [0.15, 0.2) is 52.5 Å². The van der Waals surface area contributed by atoms with Gasteiger partial charge in [0.05, 0.1) is 23.9 Å². The number of carbonyl (C=O) groups is 2. The summed E-state index contributed by atoms with van der Waals surface area (Å²) in [4.78, 5) is 28.6. The van der Waals surface area contributed by atoms with Crippen molar-refractivity contribution in [3.63, 3.8) is 0 Å². The Hall–Kier alpha value is -2.93. The van der Waals surface area contributed by atoms with Crippen molar-refractivity contribution < 1.29 is 14.0 Å². The topological polar surface area (TPSA) is 84.2 Å². The zero-order valence-corrected chi connectivity index (χ0v) is 16.0. The Morgan fingerprint density at radius 1 is 1.22 bits per heavy atom. The van der Waals surface area contributed by atoms with Gasteiger partial charge in [-0.2, -0.15) is 0 Å². The number of aromatic nitrogens is 1. The van der Waals surface area contributed by atoms with Crippen LogP contribution in [0.1, 0.15) is 40.2 Å². The molecule has 0 saturated heterocycles. The molecule has 27 heavy (non-hydrogen) atoms. The van der Waals surface area contributed by atoms with Crippen LogP contribution in [-0.4, -0.2) is 23.3 Å². The third kappa shape index (κ3) is 5.04. The first-order valence-electron chi connectivity index (χ1n) is 8.64. The summed E-state index contributed by atoms with van der Waals surface area (Å²) in [5.74, 6) is 0.421. The van der Waals surface area contributed by atoms with Crippen LogP contribution in [0, 0.1) is 6.92 Å². The molecule has 2 aromatic heterocycles. The van der Waals surface area contributed by atoms with E-state index in [0.717, 1.165) is 0 Å². The molecule has 2 amide bonds. The normalized spacial score (nSPS) is 11.8. The molecule has 0 bridgehead atoms. The average molecular weight is 383 g/mol. The van der Waals surface area contributed by atoms with Crippen molar-refractivity contribution in [2.45, 2.75) is 26.2 Å². The fraction of sp³-hybridized carbons (Fsp3) is 0.250. The molecule has 0 aliphatic carbocycles. The monoisotopic (exact) mass is 383 g/mol. The second-order valence-corrected chi connectivity index (χ2v) is 7.14. The van der Waals surface area contributed by atoms with Gasteiger partial charge in [-0.3, -0.25) is 14.9 Å². The first-order chi connectivity index (χ1) is 13.0. The standard InChI is InChI=1S/C20H21N3O3S/c1-13(15-6-4-3-5-7-15)11-21-18(24)10-16-12-27-20(22-16)23-19(25)17-8-9-26-14(17)2/h3-9,12-13H,10-11H2,1-2H3,(H,21,24)(H,22,23,25). The number of hydrogen-bond acceptors (Lipinski definition) is 5. The van der Waals surface area contributed by atoms with E-state index in [9.17, 15) is 9.59 Å². The summed E-state index contributed by atoms with van der Waals surface area (Å²) in [7, 11) is 0. The van der Waals surface area contributed by atoms with Crippen molar-refractivity contribution in [3.8, 4) is 0 Å². The van der Waals surface area contributed by atoms with Crippen LogP contribution in [-0.2, 0) is 11.2 Å². The third-order valence-electron chi connectivity index (χ3n) is 4.19. The van der Waals surface area contributed by atoms with E-state index in [1.54, 1.807) is 18.4 Å². The number of amides is 2. The maximum atomic E-state index is 12.2. The third-order valence-corrected chi connectivity index (χ3v) is 5.00. The molecular weight excluding hydrogens is 362 g/mol. The Balaban J connectivity index is 1.49. The van der Waals surface area contributed by atoms with Crippen molar-refractivity contribution in [2.75, 3.05) is 11.9 Å². The highest BCUT2D eigenvalue weighted by Gasteiger charge is 2.15. The molecule has 3 rings (SSSR count). The van der Waals surface area contributed by atoms with Gasteiger partial charge in [0, 0.05) is 11.9 Å². The minimum Gasteiger partial charge on any atom is -0.469 e. The maximum absolute atomic E-state index is 12.2. The summed E-state index contributed by atoms with van der Waals surface area (Å²) in [6.07, 6.45) is 1.65. The highest BCUT2D eigenvalue weighted by atomic mass is 32.1. The molecule has 140 valence electrons. The van der Waals surface area contributed by atoms with E-state index in [2.05, 4.69) is 22.5 Å². The molecule has 1 atom stereocenters. The summed E-state index contributed by atoms with van der Waals surface area (Å²) in [6, 6.07) is 11.7. The highest BCUT2D eigenvalue weighted by molar-refractivity contribution is 7.14. The number of hydrogen-bond donors (Lipinski definition) is 2. The predicted molar refractivity (Wildman–Crippen MR) is 105 cm³/mol. The lowest BCUT2D eigenvalue weighted by molar-refractivity contribution is -0.120. The molecule has 2 N–H and O–H groups in total. The zero-order valence-electron chi connectivity index (χ0n) is 15.2. The minimum absolute atomic E-state index is 0.0911. The fourth-order valence-electron chi connectivity index (χ4n) is 2.62. The number of thiazole rings is 1. The Morgan fingerprint density at radius 2 is 2.00 bits per heavy atom. The number of furan rings is 1. The van der Waals surface area contributed by atoms with Crippen LogP contribution in [0.4, 0.5) is 5.13 Å². The van der Waals surface area contributed by atoms with Gasteiger partial charge < -0.3 is 9.73 Å². The van der Waals surface area contributed by atoms with Gasteiger partial charge >= 0.3 is 0 Å². The molecule has 3 aromatic rings. The average Bonchev–Trinajstić information content (AvgIpc) is 3.29. The number of rotatable bonds is 7. The van der Waals surface area contributed by atoms with Gasteiger partial charge in [0.15, 0.2) is 5.13 Å². The van der Waals surface area contributed by atoms with Gasteiger partial charge in [-0.25, -0.2) is 4.98 Å². The summed E-state index contributed by atoms with van der Waals surface area (Å²) in [6.45, 7) is 4.36. The number of carbonyl (C=O) groups excluding carboxylic acids is 2. The van der Waals surface area contributed by atoms with E-state index in [-0.39, 0.29) is 24.2 Å². The lowest BCUT2D eigenvalue weighted by Crippen LogP contribution is -2.29. The number of nitrogens with one attached hydrogen (secondary N) is 2. The number of nitrogens with zero attached hydrogens (tertiary/aromatic N) is 1. The van der Waals surface area contributed by atoms with Crippen molar-refractivity contribution >= 4 is 28.3 Å². The quantitative estimate of drug-likeness (QED) is 0.651.